The molecular formula is C13H24O. The lowest BCUT2D eigenvalue weighted by Gasteiger charge is -2.21. The highest BCUT2D eigenvalue weighted by Crippen LogP contribution is 2.30. The summed E-state index contributed by atoms with van der Waals surface area (Å²) in [5.74, 6) is 1.90. The average molecular weight is 196 g/mol. The predicted octanol–water partition coefficient (Wildman–Crippen LogP) is 3.96. The van der Waals surface area contributed by atoms with Gasteiger partial charge in [0.25, 0.3) is 0 Å². The first-order valence-corrected chi connectivity index (χ1v) is 6.25. The lowest BCUT2D eigenvalue weighted by Crippen LogP contribution is -2.14. The Morgan fingerprint density at radius 1 is 1.21 bits per heavy atom. The zero-order chi connectivity index (χ0) is 10.4. The molecule has 1 saturated carbocycles. The smallest absolute Gasteiger partial charge is 0.132 e. The fraction of sp³-hybridized carbons (Fsp3) is 0.923. The number of hydrogen-bond donors (Lipinski definition) is 0. The molecule has 1 rings (SSSR count). The van der Waals surface area contributed by atoms with Crippen LogP contribution in [0.2, 0.25) is 0 Å². The van der Waals surface area contributed by atoms with Crippen molar-refractivity contribution in [1.29, 1.82) is 0 Å². The van der Waals surface area contributed by atoms with Crippen molar-refractivity contribution in [2.24, 2.45) is 11.8 Å². The van der Waals surface area contributed by atoms with Gasteiger partial charge < -0.3 is 0 Å². The Kier molecular flexibility index (Phi) is 5.21. The van der Waals surface area contributed by atoms with E-state index in [2.05, 4.69) is 6.92 Å². The Hall–Kier alpha value is -0.330. The van der Waals surface area contributed by atoms with Crippen LogP contribution >= 0.6 is 0 Å². The number of carbonyl (C=O) groups excluding carboxylic acids is 1. The largest absolute Gasteiger partial charge is 0.300 e. The molecule has 1 nitrogen and oxygen atoms in total. The van der Waals surface area contributed by atoms with E-state index in [0.717, 1.165) is 18.8 Å². The van der Waals surface area contributed by atoms with Gasteiger partial charge in [0.15, 0.2) is 0 Å². The highest BCUT2D eigenvalue weighted by molar-refractivity contribution is 5.78. The van der Waals surface area contributed by atoms with Gasteiger partial charge in [-0.15, -0.1) is 0 Å². The molecule has 0 spiro atoms. The maximum absolute atomic E-state index is 11.4. The van der Waals surface area contributed by atoms with Crippen molar-refractivity contribution >= 4 is 5.78 Å². The second-order valence-electron chi connectivity index (χ2n) is 4.83. The van der Waals surface area contributed by atoms with Crippen LogP contribution in [0.5, 0.6) is 0 Å². The number of carbonyl (C=O) groups is 1. The summed E-state index contributed by atoms with van der Waals surface area (Å²) >= 11 is 0. The summed E-state index contributed by atoms with van der Waals surface area (Å²) in [5.41, 5.74) is 0. The van der Waals surface area contributed by atoms with Crippen molar-refractivity contribution in [2.75, 3.05) is 0 Å². The fourth-order valence-corrected chi connectivity index (χ4v) is 2.55. The van der Waals surface area contributed by atoms with Gasteiger partial charge in [-0.05, 0) is 11.8 Å². The molecule has 0 aromatic carbocycles. The van der Waals surface area contributed by atoms with Gasteiger partial charge in [0.2, 0.25) is 0 Å². The summed E-state index contributed by atoms with van der Waals surface area (Å²) in [6, 6.07) is 0. The molecule has 0 radical (unpaired) electrons. The van der Waals surface area contributed by atoms with Gasteiger partial charge in [0.1, 0.15) is 5.78 Å². The zero-order valence-corrected chi connectivity index (χ0v) is 9.72. The number of ketones is 1. The summed E-state index contributed by atoms with van der Waals surface area (Å²) in [4.78, 5) is 11.4. The van der Waals surface area contributed by atoms with E-state index in [-0.39, 0.29) is 0 Å². The van der Waals surface area contributed by atoms with Crippen molar-refractivity contribution in [3.8, 4) is 0 Å². The minimum atomic E-state index is 0.446. The van der Waals surface area contributed by atoms with E-state index < -0.39 is 0 Å². The standard InChI is InChI=1S/C13H24O/c1-3-13(14)10-11(2)12-8-6-4-5-7-9-12/h11-12H,3-10H2,1-2H3. The predicted molar refractivity (Wildman–Crippen MR) is 60.3 cm³/mol. The molecular weight excluding hydrogens is 172 g/mol. The van der Waals surface area contributed by atoms with Crippen molar-refractivity contribution in [1.82, 2.24) is 0 Å². The average Bonchev–Trinajstić information content (AvgIpc) is 2.45. The molecule has 1 unspecified atom stereocenters. The first-order valence-electron chi connectivity index (χ1n) is 6.25. The molecule has 1 aliphatic carbocycles. The van der Waals surface area contributed by atoms with Gasteiger partial charge in [-0.1, -0.05) is 52.4 Å². The molecule has 0 aromatic heterocycles. The van der Waals surface area contributed by atoms with Crippen molar-refractivity contribution in [2.45, 2.75) is 65.2 Å². The normalized spacial score (nSPS) is 21.6. The summed E-state index contributed by atoms with van der Waals surface area (Å²) in [5, 5.41) is 0. The Labute approximate surface area is 88.3 Å². The van der Waals surface area contributed by atoms with Crippen LogP contribution in [0.15, 0.2) is 0 Å². The lowest BCUT2D eigenvalue weighted by molar-refractivity contribution is -0.119. The zero-order valence-electron chi connectivity index (χ0n) is 9.72. The first kappa shape index (κ1) is 11.7. The Morgan fingerprint density at radius 3 is 2.29 bits per heavy atom. The molecule has 1 aliphatic rings. The number of hydrogen-bond acceptors (Lipinski definition) is 1. The van der Waals surface area contributed by atoms with E-state index in [9.17, 15) is 4.79 Å². The van der Waals surface area contributed by atoms with Gasteiger partial charge in [-0.2, -0.15) is 0 Å². The quantitative estimate of drug-likeness (QED) is 0.622. The molecule has 0 amide bonds. The molecule has 1 fully saturated rings. The topological polar surface area (TPSA) is 17.1 Å². The summed E-state index contributed by atoms with van der Waals surface area (Å²) in [7, 11) is 0. The van der Waals surface area contributed by atoms with E-state index in [4.69, 9.17) is 0 Å². The molecule has 0 aliphatic heterocycles. The van der Waals surface area contributed by atoms with Crippen LogP contribution in [0.4, 0.5) is 0 Å². The maximum atomic E-state index is 11.4. The molecule has 0 bridgehead atoms. The van der Waals surface area contributed by atoms with E-state index in [1.165, 1.54) is 38.5 Å². The van der Waals surface area contributed by atoms with E-state index in [0.29, 0.717) is 11.7 Å². The number of Topliss-reactive ketones (excluding diaryl/α,β-unsaturated/α-hetero) is 1. The minimum Gasteiger partial charge on any atom is -0.300 e. The SMILES string of the molecule is CCC(=O)CC(C)C1CCCCCC1. The second-order valence-corrected chi connectivity index (χ2v) is 4.83. The van der Waals surface area contributed by atoms with Crippen molar-refractivity contribution in [3.05, 3.63) is 0 Å². The van der Waals surface area contributed by atoms with E-state index in [1.807, 2.05) is 6.92 Å². The van der Waals surface area contributed by atoms with E-state index in [1.54, 1.807) is 0 Å². The van der Waals surface area contributed by atoms with Crippen LogP contribution in [0, 0.1) is 11.8 Å². The molecule has 0 saturated heterocycles. The Morgan fingerprint density at radius 2 is 1.79 bits per heavy atom. The number of rotatable bonds is 4. The molecule has 1 heteroatoms. The van der Waals surface area contributed by atoms with Gasteiger partial charge in [-0.25, -0.2) is 0 Å². The third-order valence-electron chi connectivity index (χ3n) is 3.65. The molecule has 0 heterocycles. The van der Waals surface area contributed by atoms with Gasteiger partial charge in [0, 0.05) is 12.8 Å². The van der Waals surface area contributed by atoms with Crippen molar-refractivity contribution in [3.63, 3.8) is 0 Å². The van der Waals surface area contributed by atoms with Crippen LogP contribution in [-0.2, 0) is 4.79 Å². The van der Waals surface area contributed by atoms with Crippen LogP contribution in [0.3, 0.4) is 0 Å². The maximum Gasteiger partial charge on any atom is 0.132 e. The Bertz CT molecular complexity index is 166. The van der Waals surface area contributed by atoms with Crippen LogP contribution in [0.25, 0.3) is 0 Å². The molecule has 14 heavy (non-hydrogen) atoms. The minimum absolute atomic E-state index is 0.446. The highest BCUT2D eigenvalue weighted by atomic mass is 16.1. The van der Waals surface area contributed by atoms with Crippen LogP contribution in [0.1, 0.15) is 65.2 Å². The van der Waals surface area contributed by atoms with Crippen LogP contribution < -0.4 is 0 Å². The third kappa shape index (κ3) is 3.81. The summed E-state index contributed by atoms with van der Waals surface area (Å²) in [6.07, 6.45) is 9.84. The molecule has 1 atom stereocenters. The second kappa shape index (κ2) is 6.21. The van der Waals surface area contributed by atoms with Crippen molar-refractivity contribution < 1.29 is 4.79 Å². The third-order valence-corrected chi connectivity index (χ3v) is 3.65. The summed E-state index contributed by atoms with van der Waals surface area (Å²) < 4.78 is 0. The molecule has 0 aromatic rings. The van der Waals surface area contributed by atoms with E-state index >= 15 is 0 Å². The van der Waals surface area contributed by atoms with Gasteiger partial charge in [-0.3, -0.25) is 4.79 Å². The van der Waals surface area contributed by atoms with Gasteiger partial charge >= 0.3 is 0 Å². The lowest BCUT2D eigenvalue weighted by atomic mass is 9.84. The fourth-order valence-electron chi connectivity index (χ4n) is 2.55. The molecule has 82 valence electrons. The Balaban J connectivity index is 2.33. The van der Waals surface area contributed by atoms with Crippen LogP contribution in [-0.4, -0.2) is 5.78 Å². The monoisotopic (exact) mass is 196 g/mol. The first-order chi connectivity index (χ1) is 6.74. The van der Waals surface area contributed by atoms with Gasteiger partial charge in [0.05, 0.1) is 0 Å². The molecule has 0 N–H and O–H groups in total. The summed E-state index contributed by atoms with van der Waals surface area (Å²) in [6.45, 7) is 4.24. The highest BCUT2D eigenvalue weighted by Gasteiger charge is 2.20.